The van der Waals surface area contributed by atoms with Gasteiger partial charge >= 0.3 is 6.09 Å². The molecule has 0 bridgehead atoms. The molecule has 0 saturated carbocycles. The van der Waals surface area contributed by atoms with Gasteiger partial charge in [0.05, 0.1) is 23.2 Å². The number of halogens is 1. The third-order valence-corrected chi connectivity index (χ3v) is 2.97. The predicted molar refractivity (Wildman–Crippen MR) is 79.5 cm³/mol. The summed E-state index contributed by atoms with van der Waals surface area (Å²) in [5.41, 5.74) is 1.41. The smallest absolute Gasteiger partial charge is 0.411 e. The molecule has 6 heteroatoms. The van der Waals surface area contributed by atoms with Crippen molar-refractivity contribution < 1.29 is 9.53 Å². The maximum atomic E-state index is 11.3. The summed E-state index contributed by atoms with van der Waals surface area (Å²) in [5, 5.41) is 3.02. The summed E-state index contributed by atoms with van der Waals surface area (Å²) in [6, 6.07) is 5.34. The Morgan fingerprint density at radius 1 is 1.53 bits per heavy atom. The molecule has 0 aliphatic rings. The highest BCUT2D eigenvalue weighted by atomic mass is 35.5. The summed E-state index contributed by atoms with van der Waals surface area (Å²) in [6.45, 7) is 3.96. The van der Waals surface area contributed by atoms with Crippen LogP contribution in [0.25, 0.3) is 0 Å². The maximum absolute atomic E-state index is 11.3. The molecule has 1 rings (SSSR count). The van der Waals surface area contributed by atoms with Gasteiger partial charge < -0.3 is 9.64 Å². The topological polar surface area (TPSA) is 53.9 Å². The number of hydrogen-bond acceptors (Lipinski definition) is 3. The fourth-order valence-corrected chi connectivity index (χ4v) is 1.65. The van der Waals surface area contributed by atoms with Crippen LogP contribution in [-0.4, -0.2) is 32.6 Å². The van der Waals surface area contributed by atoms with Gasteiger partial charge in [0.25, 0.3) is 0 Å². The number of aliphatic imine (C=N–C) groups is 1. The van der Waals surface area contributed by atoms with E-state index in [0.717, 1.165) is 11.5 Å². The summed E-state index contributed by atoms with van der Waals surface area (Å²) < 4.78 is 4.80. The van der Waals surface area contributed by atoms with Gasteiger partial charge in [-0.2, -0.15) is 0 Å². The average Bonchev–Trinajstić information content (AvgIpc) is 2.39. The number of anilines is 2. The van der Waals surface area contributed by atoms with E-state index in [9.17, 15) is 4.79 Å². The number of benzene rings is 1. The highest BCUT2D eigenvalue weighted by molar-refractivity contribution is 6.34. The SMILES string of the molecule is CCOC(=O)Nc1ccc(N(C)C(C)=NC)cc1Cl. The second-order valence-corrected chi connectivity index (χ2v) is 4.25. The Hall–Kier alpha value is -1.75. The molecule has 0 radical (unpaired) electrons. The third-order valence-electron chi connectivity index (χ3n) is 2.66. The molecule has 0 aliphatic heterocycles. The largest absolute Gasteiger partial charge is 0.450 e. The zero-order valence-corrected chi connectivity index (χ0v) is 12.3. The molecule has 0 spiro atoms. The van der Waals surface area contributed by atoms with Crippen molar-refractivity contribution >= 4 is 34.9 Å². The molecule has 0 atom stereocenters. The van der Waals surface area contributed by atoms with E-state index < -0.39 is 6.09 Å². The van der Waals surface area contributed by atoms with Gasteiger partial charge in [0, 0.05) is 19.8 Å². The second-order valence-electron chi connectivity index (χ2n) is 3.84. The molecule has 0 saturated heterocycles. The summed E-state index contributed by atoms with van der Waals surface area (Å²) in [7, 11) is 3.62. The molecule has 0 aromatic heterocycles. The molecular weight excluding hydrogens is 266 g/mol. The lowest BCUT2D eigenvalue weighted by molar-refractivity contribution is 0.168. The molecule has 104 valence electrons. The van der Waals surface area contributed by atoms with Crippen LogP contribution in [0.15, 0.2) is 23.2 Å². The number of hydrogen-bond donors (Lipinski definition) is 1. The predicted octanol–water partition coefficient (Wildman–Crippen LogP) is 3.39. The fraction of sp³-hybridized carbons (Fsp3) is 0.385. The first-order valence-corrected chi connectivity index (χ1v) is 6.27. The van der Waals surface area contributed by atoms with Crippen LogP contribution >= 0.6 is 11.6 Å². The van der Waals surface area contributed by atoms with Gasteiger partial charge in [-0.25, -0.2) is 4.79 Å². The normalized spacial score (nSPS) is 11.1. The summed E-state index contributed by atoms with van der Waals surface area (Å²) in [5.74, 6) is 0.863. The Bertz CT molecular complexity index is 489. The number of rotatable bonds is 3. The number of nitrogens with one attached hydrogen (secondary N) is 1. The Morgan fingerprint density at radius 2 is 2.21 bits per heavy atom. The van der Waals surface area contributed by atoms with E-state index in [1.54, 1.807) is 26.1 Å². The number of nitrogens with zero attached hydrogens (tertiary/aromatic N) is 2. The number of ether oxygens (including phenoxy) is 1. The number of carbonyl (C=O) groups is 1. The lowest BCUT2D eigenvalue weighted by Gasteiger charge is -2.19. The van der Waals surface area contributed by atoms with E-state index in [1.165, 1.54) is 0 Å². The Labute approximate surface area is 118 Å². The van der Waals surface area contributed by atoms with Crippen LogP contribution < -0.4 is 10.2 Å². The second kappa shape index (κ2) is 6.99. The summed E-state index contributed by atoms with van der Waals surface area (Å²) in [6.07, 6.45) is -0.517. The van der Waals surface area contributed by atoms with E-state index in [4.69, 9.17) is 16.3 Å². The molecule has 19 heavy (non-hydrogen) atoms. The average molecular weight is 284 g/mol. The summed E-state index contributed by atoms with van der Waals surface area (Å²) >= 11 is 6.13. The molecule has 5 nitrogen and oxygen atoms in total. The van der Waals surface area contributed by atoms with Crippen LogP contribution in [0.4, 0.5) is 16.2 Å². The molecule has 0 unspecified atom stereocenters. The molecule has 1 aromatic rings. The van der Waals surface area contributed by atoms with Crippen LogP contribution in [-0.2, 0) is 4.74 Å². The van der Waals surface area contributed by atoms with Crippen LogP contribution in [0.2, 0.25) is 5.02 Å². The van der Waals surface area contributed by atoms with Crippen LogP contribution in [0.5, 0.6) is 0 Å². The van der Waals surface area contributed by atoms with Gasteiger partial charge in [0.2, 0.25) is 0 Å². The highest BCUT2D eigenvalue weighted by Crippen LogP contribution is 2.27. The minimum absolute atomic E-state index is 0.316. The molecule has 0 aliphatic carbocycles. The Balaban J connectivity index is 2.88. The van der Waals surface area contributed by atoms with Crippen molar-refractivity contribution in [3.8, 4) is 0 Å². The van der Waals surface area contributed by atoms with Crippen molar-refractivity contribution in [3.05, 3.63) is 23.2 Å². The molecule has 0 heterocycles. The third kappa shape index (κ3) is 4.13. The first-order chi connectivity index (χ1) is 8.99. The lowest BCUT2D eigenvalue weighted by Crippen LogP contribution is -2.23. The highest BCUT2D eigenvalue weighted by Gasteiger charge is 2.09. The minimum atomic E-state index is -0.517. The summed E-state index contributed by atoms with van der Waals surface area (Å²) in [4.78, 5) is 17.3. The van der Waals surface area contributed by atoms with Crippen LogP contribution in [0.3, 0.4) is 0 Å². The maximum Gasteiger partial charge on any atom is 0.411 e. The van der Waals surface area contributed by atoms with Gasteiger partial charge in [-0.1, -0.05) is 11.6 Å². The van der Waals surface area contributed by atoms with E-state index in [0.29, 0.717) is 17.3 Å². The molecule has 1 amide bonds. The van der Waals surface area contributed by atoms with Crippen molar-refractivity contribution in [3.63, 3.8) is 0 Å². The Morgan fingerprint density at radius 3 is 2.74 bits per heavy atom. The minimum Gasteiger partial charge on any atom is -0.450 e. The molecular formula is C13H18ClN3O2. The van der Waals surface area contributed by atoms with Gasteiger partial charge in [-0.15, -0.1) is 0 Å². The lowest BCUT2D eigenvalue weighted by atomic mass is 10.2. The number of carbonyl (C=O) groups excluding carboxylic acids is 1. The monoisotopic (exact) mass is 283 g/mol. The molecule has 0 fully saturated rings. The van der Waals surface area contributed by atoms with Crippen molar-refractivity contribution in [2.24, 2.45) is 4.99 Å². The van der Waals surface area contributed by atoms with Crippen molar-refractivity contribution in [1.82, 2.24) is 0 Å². The molecule has 1 aromatic carbocycles. The fourth-order valence-electron chi connectivity index (χ4n) is 1.43. The first-order valence-electron chi connectivity index (χ1n) is 5.90. The van der Waals surface area contributed by atoms with E-state index in [-0.39, 0.29) is 0 Å². The van der Waals surface area contributed by atoms with Gasteiger partial charge in [-0.05, 0) is 32.0 Å². The number of amides is 1. The zero-order chi connectivity index (χ0) is 14.4. The van der Waals surface area contributed by atoms with Crippen molar-refractivity contribution in [2.75, 3.05) is 30.9 Å². The zero-order valence-electron chi connectivity index (χ0n) is 11.5. The van der Waals surface area contributed by atoms with Crippen LogP contribution in [0.1, 0.15) is 13.8 Å². The van der Waals surface area contributed by atoms with Gasteiger partial charge in [-0.3, -0.25) is 10.3 Å². The van der Waals surface area contributed by atoms with Gasteiger partial charge in [0.1, 0.15) is 0 Å². The first kappa shape index (κ1) is 15.3. The van der Waals surface area contributed by atoms with E-state index in [2.05, 4.69) is 10.3 Å². The number of amidine groups is 1. The van der Waals surface area contributed by atoms with E-state index >= 15 is 0 Å². The van der Waals surface area contributed by atoms with Crippen LogP contribution in [0, 0.1) is 0 Å². The Kier molecular flexibility index (Phi) is 5.63. The van der Waals surface area contributed by atoms with Gasteiger partial charge in [0.15, 0.2) is 0 Å². The van der Waals surface area contributed by atoms with E-state index in [1.807, 2.05) is 24.9 Å². The quantitative estimate of drug-likeness (QED) is 0.683. The standard InChI is InChI=1S/C13H18ClN3O2/c1-5-19-13(18)16-12-7-6-10(8-11(12)14)17(4)9(2)15-3/h6-8H,5H2,1-4H3,(H,16,18). The molecule has 1 N–H and O–H groups in total. The van der Waals surface area contributed by atoms with Crippen molar-refractivity contribution in [1.29, 1.82) is 0 Å². The van der Waals surface area contributed by atoms with Crippen molar-refractivity contribution in [2.45, 2.75) is 13.8 Å².